The van der Waals surface area contributed by atoms with Crippen LogP contribution in [0.3, 0.4) is 0 Å². The number of carbonyl (C=O) groups is 2. The minimum atomic E-state index is -0.644. The second-order valence-corrected chi connectivity index (χ2v) is 7.66. The number of amides is 2. The Labute approximate surface area is 173 Å². The molecule has 3 aromatic carbocycles. The molecule has 1 aliphatic rings. The molecule has 3 aromatic rings. The van der Waals surface area contributed by atoms with E-state index < -0.39 is 16.7 Å². The minimum Gasteiger partial charge on any atom is -0.395 e. The molecule has 0 saturated heterocycles. The van der Waals surface area contributed by atoms with Crippen LogP contribution in [-0.2, 0) is 0 Å². The lowest BCUT2D eigenvalue weighted by molar-refractivity contribution is -0.384. The third kappa shape index (κ3) is 2.92. The summed E-state index contributed by atoms with van der Waals surface area (Å²) in [5, 5.41) is 22.0. The second-order valence-electron chi connectivity index (χ2n) is 6.75. The molecule has 7 nitrogen and oxygen atoms in total. The molecular weight excluding hydrogens is 440 g/mol. The Morgan fingerprint density at radius 2 is 1.79 bits per heavy atom. The summed E-state index contributed by atoms with van der Waals surface area (Å²) in [6.45, 7) is 1.29. The number of hydrogen-bond donors (Lipinski definition) is 1. The van der Waals surface area contributed by atoms with Crippen molar-refractivity contribution in [2.75, 3.05) is 13.2 Å². The number of hydrogen-bond acceptors (Lipinski definition) is 5. The zero-order chi connectivity index (χ0) is 20.9. The number of carbonyl (C=O) groups excluding carboxylic acids is 2. The zero-order valence-electron chi connectivity index (χ0n) is 15.3. The van der Waals surface area contributed by atoms with Gasteiger partial charge in [-0.2, -0.15) is 0 Å². The van der Waals surface area contributed by atoms with Gasteiger partial charge in [0.25, 0.3) is 17.5 Å². The van der Waals surface area contributed by atoms with Crippen molar-refractivity contribution in [3.8, 4) is 11.1 Å². The number of aliphatic hydroxyl groups is 1. The van der Waals surface area contributed by atoms with E-state index in [9.17, 15) is 24.8 Å². The largest absolute Gasteiger partial charge is 0.395 e. The van der Waals surface area contributed by atoms with Gasteiger partial charge in [0, 0.05) is 21.5 Å². The summed E-state index contributed by atoms with van der Waals surface area (Å²) in [5.74, 6) is -1.16. The molecule has 0 aromatic heterocycles. The Bertz CT molecular complexity index is 1220. The van der Waals surface area contributed by atoms with Crippen molar-refractivity contribution < 1.29 is 19.6 Å². The number of nitro benzene ring substituents is 1. The van der Waals surface area contributed by atoms with E-state index >= 15 is 0 Å². The quantitative estimate of drug-likeness (QED) is 0.363. The number of aliphatic hydroxyl groups excluding tert-OH is 1. The number of β-amino-alcohol motifs (C(OH)–C–C–N with tert-alkyl or cyclic N) is 1. The lowest BCUT2D eigenvalue weighted by Gasteiger charge is -2.27. The second kappa shape index (κ2) is 7.06. The van der Waals surface area contributed by atoms with E-state index in [4.69, 9.17) is 0 Å². The summed E-state index contributed by atoms with van der Waals surface area (Å²) < 4.78 is 0.842. The highest BCUT2D eigenvalue weighted by Gasteiger charge is 2.36. The normalized spacial score (nSPS) is 13.3. The van der Waals surface area contributed by atoms with Crippen LogP contribution in [0, 0.1) is 17.0 Å². The Balaban J connectivity index is 2.14. The summed E-state index contributed by atoms with van der Waals surface area (Å²) in [6.07, 6.45) is 0. The van der Waals surface area contributed by atoms with Gasteiger partial charge in [0.05, 0.1) is 29.2 Å². The van der Waals surface area contributed by atoms with E-state index in [0.29, 0.717) is 21.9 Å². The zero-order valence-corrected chi connectivity index (χ0v) is 16.9. The molecule has 1 aliphatic heterocycles. The van der Waals surface area contributed by atoms with Gasteiger partial charge < -0.3 is 5.11 Å². The summed E-state index contributed by atoms with van der Waals surface area (Å²) in [4.78, 5) is 38.1. The molecule has 0 saturated carbocycles. The number of benzene rings is 3. The Hall–Kier alpha value is -3.10. The summed E-state index contributed by atoms with van der Waals surface area (Å²) >= 11 is 3.40. The Kier molecular flexibility index (Phi) is 4.68. The van der Waals surface area contributed by atoms with E-state index in [1.807, 2.05) is 13.0 Å². The predicted octanol–water partition coefficient (Wildman–Crippen LogP) is 4.07. The Morgan fingerprint density at radius 3 is 2.45 bits per heavy atom. The molecule has 8 heteroatoms. The van der Waals surface area contributed by atoms with Gasteiger partial charge in [0.2, 0.25) is 0 Å². The fourth-order valence-corrected chi connectivity index (χ4v) is 4.31. The van der Waals surface area contributed by atoms with Crippen LogP contribution in [0.25, 0.3) is 21.9 Å². The van der Waals surface area contributed by atoms with Crippen LogP contribution < -0.4 is 0 Å². The number of halogens is 1. The lowest BCUT2D eigenvalue weighted by atomic mass is 9.87. The number of imide groups is 1. The SMILES string of the molecule is Cc1cc(Br)ccc1-c1c([N+](=O)[O-])cc2c3c(cccc13)C(=O)N(CCO)C2=O. The fraction of sp³-hybridized carbons (Fsp3) is 0.143. The van der Waals surface area contributed by atoms with Crippen LogP contribution in [0.5, 0.6) is 0 Å². The van der Waals surface area contributed by atoms with Crippen molar-refractivity contribution in [2.24, 2.45) is 0 Å². The smallest absolute Gasteiger partial charge is 0.278 e. The van der Waals surface area contributed by atoms with Gasteiger partial charge in [-0.1, -0.05) is 34.1 Å². The molecule has 0 aliphatic carbocycles. The van der Waals surface area contributed by atoms with Gasteiger partial charge in [-0.3, -0.25) is 24.6 Å². The van der Waals surface area contributed by atoms with Gasteiger partial charge >= 0.3 is 0 Å². The molecule has 0 bridgehead atoms. The van der Waals surface area contributed by atoms with Gasteiger partial charge in [0.1, 0.15) is 0 Å². The van der Waals surface area contributed by atoms with Gasteiger partial charge in [-0.15, -0.1) is 0 Å². The maximum absolute atomic E-state index is 12.9. The van der Waals surface area contributed by atoms with E-state index in [0.717, 1.165) is 14.9 Å². The monoisotopic (exact) mass is 454 g/mol. The average molecular weight is 455 g/mol. The summed E-state index contributed by atoms with van der Waals surface area (Å²) in [6, 6.07) is 11.6. The van der Waals surface area contributed by atoms with E-state index in [1.165, 1.54) is 6.07 Å². The maximum atomic E-state index is 12.9. The number of nitrogens with zero attached hydrogens (tertiary/aromatic N) is 2. The molecule has 0 radical (unpaired) electrons. The maximum Gasteiger partial charge on any atom is 0.278 e. The first-order valence-electron chi connectivity index (χ1n) is 8.83. The Morgan fingerprint density at radius 1 is 1.07 bits per heavy atom. The molecule has 1 N–H and O–H groups in total. The van der Waals surface area contributed by atoms with Crippen LogP contribution in [0.2, 0.25) is 0 Å². The van der Waals surface area contributed by atoms with Crippen LogP contribution in [0.1, 0.15) is 26.3 Å². The van der Waals surface area contributed by atoms with Crippen molar-refractivity contribution in [2.45, 2.75) is 6.92 Å². The first-order chi connectivity index (χ1) is 13.8. The molecule has 0 fully saturated rings. The number of nitro groups is 1. The van der Waals surface area contributed by atoms with Gasteiger partial charge in [0.15, 0.2) is 0 Å². The topological polar surface area (TPSA) is 101 Å². The summed E-state index contributed by atoms with van der Waals surface area (Å²) in [7, 11) is 0. The van der Waals surface area contributed by atoms with E-state index in [2.05, 4.69) is 15.9 Å². The molecule has 0 spiro atoms. The molecule has 4 rings (SSSR count). The average Bonchev–Trinajstić information content (AvgIpc) is 2.69. The number of rotatable bonds is 4. The van der Waals surface area contributed by atoms with Crippen LogP contribution in [-0.4, -0.2) is 39.9 Å². The standard InChI is InChI=1S/C21H15BrN2O5/c1-11-9-12(22)5-6-13(11)19-14-3-2-4-15-18(14)16(10-17(19)24(28)29)21(27)23(7-8-25)20(15)26/h2-6,9-10,25H,7-8H2,1H3. The number of aryl methyl sites for hydroxylation is 1. The highest BCUT2D eigenvalue weighted by Crippen LogP contribution is 2.43. The van der Waals surface area contributed by atoms with Crippen LogP contribution in [0.4, 0.5) is 5.69 Å². The van der Waals surface area contributed by atoms with Crippen molar-refractivity contribution in [1.29, 1.82) is 0 Å². The first-order valence-corrected chi connectivity index (χ1v) is 9.62. The molecule has 29 heavy (non-hydrogen) atoms. The van der Waals surface area contributed by atoms with Crippen LogP contribution >= 0.6 is 15.9 Å². The predicted molar refractivity (Wildman–Crippen MR) is 111 cm³/mol. The molecule has 146 valence electrons. The van der Waals surface area contributed by atoms with Crippen molar-refractivity contribution in [1.82, 2.24) is 4.90 Å². The highest BCUT2D eigenvalue weighted by atomic mass is 79.9. The van der Waals surface area contributed by atoms with Gasteiger partial charge in [-0.05, 0) is 41.6 Å². The van der Waals surface area contributed by atoms with Crippen molar-refractivity contribution in [3.63, 3.8) is 0 Å². The molecule has 1 heterocycles. The molecule has 0 atom stereocenters. The van der Waals surface area contributed by atoms with Crippen molar-refractivity contribution in [3.05, 3.63) is 73.7 Å². The van der Waals surface area contributed by atoms with E-state index in [1.54, 1.807) is 30.3 Å². The minimum absolute atomic E-state index is 0.0915. The molecule has 0 unspecified atom stereocenters. The van der Waals surface area contributed by atoms with Gasteiger partial charge in [-0.25, -0.2) is 0 Å². The van der Waals surface area contributed by atoms with Crippen molar-refractivity contribution >= 4 is 44.2 Å². The lowest BCUT2D eigenvalue weighted by Crippen LogP contribution is -2.42. The third-order valence-corrected chi connectivity index (χ3v) is 5.56. The fourth-order valence-electron chi connectivity index (χ4n) is 3.84. The molecule has 2 amide bonds. The highest BCUT2D eigenvalue weighted by molar-refractivity contribution is 9.10. The van der Waals surface area contributed by atoms with E-state index in [-0.39, 0.29) is 30.0 Å². The summed E-state index contributed by atoms with van der Waals surface area (Å²) in [5.41, 5.74) is 2.02. The molecular formula is C21H15BrN2O5. The third-order valence-electron chi connectivity index (χ3n) is 5.07. The first kappa shape index (κ1) is 19.2. The van der Waals surface area contributed by atoms with Crippen LogP contribution in [0.15, 0.2) is 46.9 Å².